The van der Waals surface area contributed by atoms with E-state index in [0.29, 0.717) is 0 Å². The van der Waals surface area contributed by atoms with Gasteiger partial charge in [0.2, 0.25) is 0 Å². The van der Waals surface area contributed by atoms with E-state index in [-0.39, 0.29) is 0 Å². The highest BCUT2D eigenvalue weighted by molar-refractivity contribution is 5.73. The van der Waals surface area contributed by atoms with E-state index in [1.165, 1.54) is 6.42 Å². The van der Waals surface area contributed by atoms with Gasteiger partial charge in [0.15, 0.2) is 0 Å². The lowest BCUT2D eigenvalue weighted by atomic mass is 10.3. The van der Waals surface area contributed by atoms with Crippen LogP contribution in [0.25, 0.3) is 11.0 Å². The molecule has 14 heavy (non-hydrogen) atoms. The van der Waals surface area contributed by atoms with Gasteiger partial charge in [-0.15, -0.1) is 5.10 Å². The summed E-state index contributed by atoms with van der Waals surface area (Å²) in [6, 6.07) is 7.92. The largest absolute Gasteiger partial charge is 0.308 e. The zero-order valence-corrected chi connectivity index (χ0v) is 8.27. The summed E-state index contributed by atoms with van der Waals surface area (Å²) in [7, 11) is 0. The number of fused-ring (bicyclic) bond motifs is 1. The number of aromatic nitrogens is 3. The maximum absolute atomic E-state index is 4.05. The quantitative estimate of drug-likeness (QED) is 0.747. The lowest BCUT2D eigenvalue weighted by molar-refractivity contribution is 0.681. The van der Waals surface area contributed by atoms with Crippen molar-refractivity contribution < 1.29 is 0 Å². The first-order chi connectivity index (χ1) is 6.92. The van der Waals surface area contributed by atoms with Crippen molar-refractivity contribution in [1.29, 1.82) is 0 Å². The first-order valence-electron chi connectivity index (χ1n) is 4.96. The van der Waals surface area contributed by atoms with E-state index < -0.39 is 0 Å². The first-order valence-corrected chi connectivity index (χ1v) is 4.96. The number of nitrogens with zero attached hydrogens (tertiary/aromatic N) is 3. The number of hydrogen-bond acceptors (Lipinski definition) is 3. The Balaban J connectivity index is 2.17. The lowest BCUT2D eigenvalue weighted by Crippen LogP contribution is -2.17. The average Bonchev–Trinajstić information content (AvgIpc) is 2.63. The van der Waals surface area contributed by atoms with Crippen molar-refractivity contribution in [2.75, 3.05) is 12.0 Å². The molecule has 0 aliphatic carbocycles. The van der Waals surface area contributed by atoms with Crippen molar-refractivity contribution in [1.82, 2.24) is 15.1 Å². The Morgan fingerprint density at radius 1 is 1.36 bits per heavy atom. The predicted octanol–water partition coefficient (Wildman–Crippen LogP) is 1.77. The van der Waals surface area contributed by atoms with Crippen LogP contribution in [0.15, 0.2) is 24.3 Å². The molecule has 2 aromatic rings. The number of para-hydroxylation sites is 1. The van der Waals surface area contributed by atoms with Crippen LogP contribution >= 0.6 is 0 Å². The summed E-state index contributed by atoms with van der Waals surface area (Å²) in [5.74, 6) is 0. The normalized spacial score (nSPS) is 10.6. The molecular formula is C10H14N4. The molecule has 1 N–H and O–H groups in total. The Labute approximate surface area is 82.9 Å². The van der Waals surface area contributed by atoms with Gasteiger partial charge in [-0.2, -0.15) is 4.79 Å². The van der Waals surface area contributed by atoms with Gasteiger partial charge in [-0.3, -0.25) is 0 Å². The summed E-state index contributed by atoms with van der Waals surface area (Å²) in [5.41, 5.74) is 5.17. The van der Waals surface area contributed by atoms with Gasteiger partial charge in [0.1, 0.15) is 11.0 Å². The van der Waals surface area contributed by atoms with Crippen molar-refractivity contribution in [2.45, 2.75) is 19.8 Å². The highest BCUT2D eigenvalue weighted by Gasteiger charge is 2.00. The van der Waals surface area contributed by atoms with Crippen molar-refractivity contribution in [3.05, 3.63) is 24.3 Å². The second-order valence-electron chi connectivity index (χ2n) is 3.25. The zero-order chi connectivity index (χ0) is 9.80. The second kappa shape index (κ2) is 4.09. The van der Waals surface area contributed by atoms with Crippen LogP contribution in [0.1, 0.15) is 19.8 Å². The summed E-state index contributed by atoms with van der Waals surface area (Å²) < 4.78 is 0. The van der Waals surface area contributed by atoms with Crippen LogP contribution in [0, 0.1) is 0 Å². The van der Waals surface area contributed by atoms with E-state index in [0.717, 1.165) is 24.0 Å². The fraction of sp³-hybridized carbons (Fsp3) is 0.400. The maximum atomic E-state index is 4.05. The van der Waals surface area contributed by atoms with Crippen molar-refractivity contribution in [3.63, 3.8) is 0 Å². The molecule has 0 aliphatic rings. The Hall–Kier alpha value is -1.58. The number of hydrogen-bond donors (Lipinski definition) is 1. The molecule has 0 spiro atoms. The molecule has 1 heterocycles. The summed E-state index contributed by atoms with van der Waals surface area (Å²) in [4.78, 5) is 1.74. The molecule has 4 nitrogen and oxygen atoms in total. The SMILES string of the molecule is CCCCNn1nnc2ccccc21. The van der Waals surface area contributed by atoms with Crippen LogP contribution < -0.4 is 5.43 Å². The molecule has 0 unspecified atom stereocenters. The Kier molecular flexibility index (Phi) is 2.62. The number of nitrogens with one attached hydrogen (secondary N) is 1. The molecule has 0 amide bonds. The van der Waals surface area contributed by atoms with Gasteiger partial charge in [0.25, 0.3) is 0 Å². The summed E-state index contributed by atoms with van der Waals surface area (Å²) in [6.07, 6.45) is 2.33. The van der Waals surface area contributed by atoms with Crippen LogP contribution in [0.2, 0.25) is 0 Å². The third-order valence-corrected chi connectivity index (χ3v) is 2.14. The number of unbranched alkanes of at least 4 members (excludes halogenated alkanes) is 1. The van der Waals surface area contributed by atoms with E-state index >= 15 is 0 Å². The second-order valence-corrected chi connectivity index (χ2v) is 3.25. The average molecular weight is 190 g/mol. The van der Waals surface area contributed by atoms with Crippen molar-refractivity contribution in [3.8, 4) is 0 Å². The molecule has 2 rings (SSSR count). The molecule has 0 saturated heterocycles. The maximum Gasteiger partial charge on any atom is 0.115 e. The Morgan fingerprint density at radius 2 is 2.21 bits per heavy atom. The summed E-state index contributed by atoms with van der Waals surface area (Å²) >= 11 is 0. The van der Waals surface area contributed by atoms with Crippen molar-refractivity contribution >= 4 is 11.0 Å². The molecule has 1 aromatic carbocycles. The molecule has 0 radical (unpaired) electrons. The van der Waals surface area contributed by atoms with E-state index in [4.69, 9.17) is 0 Å². The topological polar surface area (TPSA) is 42.7 Å². The van der Waals surface area contributed by atoms with Crippen LogP contribution in [-0.4, -0.2) is 21.6 Å². The van der Waals surface area contributed by atoms with Crippen molar-refractivity contribution in [2.24, 2.45) is 0 Å². The Morgan fingerprint density at radius 3 is 3.07 bits per heavy atom. The van der Waals surface area contributed by atoms with Crippen LogP contribution in [-0.2, 0) is 0 Å². The fourth-order valence-corrected chi connectivity index (χ4v) is 1.35. The van der Waals surface area contributed by atoms with Gasteiger partial charge in [0.05, 0.1) is 0 Å². The molecule has 74 valence electrons. The van der Waals surface area contributed by atoms with E-state index in [1.807, 2.05) is 24.3 Å². The van der Waals surface area contributed by atoms with E-state index in [1.54, 1.807) is 4.79 Å². The lowest BCUT2D eigenvalue weighted by Gasteiger charge is -2.04. The monoisotopic (exact) mass is 190 g/mol. The third-order valence-electron chi connectivity index (χ3n) is 2.14. The highest BCUT2D eigenvalue weighted by atomic mass is 15.6. The molecule has 0 aliphatic heterocycles. The minimum atomic E-state index is 0.927. The number of rotatable bonds is 4. The van der Waals surface area contributed by atoms with Gasteiger partial charge in [-0.1, -0.05) is 25.5 Å². The predicted molar refractivity (Wildman–Crippen MR) is 56.7 cm³/mol. The van der Waals surface area contributed by atoms with E-state index in [9.17, 15) is 0 Å². The zero-order valence-electron chi connectivity index (χ0n) is 8.27. The number of benzene rings is 1. The van der Waals surface area contributed by atoms with Gasteiger partial charge in [0, 0.05) is 6.54 Å². The van der Waals surface area contributed by atoms with Gasteiger partial charge >= 0.3 is 0 Å². The molecule has 0 atom stereocenters. The molecule has 0 fully saturated rings. The van der Waals surface area contributed by atoms with Crippen LogP contribution in [0.5, 0.6) is 0 Å². The third kappa shape index (κ3) is 1.69. The summed E-state index contributed by atoms with van der Waals surface area (Å²) in [6.45, 7) is 3.10. The highest BCUT2D eigenvalue weighted by Crippen LogP contribution is 2.07. The molecule has 0 bridgehead atoms. The molecule has 1 aromatic heterocycles. The Bertz CT molecular complexity index is 407. The smallest absolute Gasteiger partial charge is 0.115 e. The van der Waals surface area contributed by atoms with Gasteiger partial charge in [-0.05, 0) is 23.8 Å². The van der Waals surface area contributed by atoms with Gasteiger partial charge < -0.3 is 5.43 Å². The standard InChI is InChI=1S/C10H14N4/c1-2-3-8-11-14-10-7-5-4-6-9(10)12-13-14/h4-7,11H,2-3,8H2,1H3. The minimum Gasteiger partial charge on any atom is -0.308 e. The fourth-order valence-electron chi connectivity index (χ4n) is 1.35. The van der Waals surface area contributed by atoms with E-state index in [2.05, 4.69) is 22.7 Å². The van der Waals surface area contributed by atoms with Crippen LogP contribution in [0.3, 0.4) is 0 Å². The summed E-state index contributed by atoms with van der Waals surface area (Å²) in [5, 5.41) is 8.07. The molecule has 0 saturated carbocycles. The minimum absolute atomic E-state index is 0.927. The molecular weight excluding hydrogens is 176 g/mol. The van der Waals surface area contributed by atoms with Gasteiger partial charge in [-0.25, -0.2) is 0 Å². The first kappa shape index (κ1) is 8.99. The van der Waals surface area contributed by atoms with Crippen LogP contribution in [0.4, 0.5) is 0 Å². The molecule has 4 heteroatoms.